The Morgan fingerprint density at radius 1 is 1.13 bits per heavy atom. The van der Waals surface area contributed by atoms with Gasteiger partial charge in [0.05, 0.1) is 0 Å². The second-order valence-corrected chi connectivity index (χ2v) is 7.37. The van der Waals surface area contributed by atoms with E-state index in [9.17, 15) is 14.7 Å². The predicted octanol–water partition coefficient (Wildman–Crippen LogP) is 4.18. The fraction of sp³-hybridized carbons (Fsp3) is 0.579. The molecule has 4 nitrogen and oxygen atoms in total. The number of hydrogen-bond donors (Lipinski definition) is 1. The molecule has 0 aliphatic rings. The zero-order valence-electron chi connectivity index (χ0n) is 15.0. The molecule has 1 N–H and O–H groups in total. The highest BCUT2D eigenvalue weighted by atomic mass is 16.6. The van der Waals surface area contributed by atoms with E-state index >= 15 is 0 Å². The smallest absolute Gasteiger partial charge is 0.324 e. The van der Waals surface area contributed by atoms with Crippen molar-refractivity contribution in [3.63, 3.8) is 0 Å². The third kappa shape index (κ3) is 5.08. The van der Waals surface area contributed by atoms with Gasteiger partial charge in [0.1, 0.15) is 5.60 Å². The van der Waals surface area contributed by atoms with Crippen molar-refractivity contribution in [3.8, 4) is 0 Å². The van der Waals surface area contributed by atoms with Crippen LogP contribution in [0, 0.1) is 5.41 Å². The van der Waals surface area contributed by atoms with E-state index < -0.39 is 23.0 Å². The fourth-order valence-corrected chi connectivity index (χ4v) is 2.23. The van der Waals surface area contributed by atoms with Gasteiger partial charge < -0.3 is 9.84 Å². The minimum atomic E-state index is -1.59. The summed E-state index contributed by atoms with van der Waals surface area (Å²) in [5.41, 5.74) is -0.280. The number of hydrogen-bond acceptors (Lipinski definition) is 3. The molecular formula is C19H28O4. The number of carbonyl (C=O) groups is 2. The molecule has 0 spiro atoms. The largest absolute Gasteiger partial charge is 0.480 e. The van der Waals surface area contributed by atoms with Gasteiger partial charge in [-0.05, 0) is 57.6 Å². The summed E-state index contributed by atoms with van der Waals surface area (Å²) < 4.78 is 5.30. The maximum atomic E-state index is 12.3. The molecule has 0 bridgehead atoms. The van der Waals surface area contributed by atoms with E-state index in [4.69, 9.17) is 4.74 Å². The van der Waals surface area contributed by atoms with Gasteiger partial charge in [-0.1, -0.05) is 38.1 Å². The molecule has 0 heterocycles. The van der Waals surface area contributed by atoms with E-state index in [1.165, 1.54) is 12.5 Å². The topological polar surface area (TPSA) is 63.6 Å². The molecule has 0 aromatic heterocycles. The number of benzene rings is 1. The van der Waals surface area contributed by atoms with Gasteiger partial charge in [-0.15, -0.1) is 0 Å². The molecular weight excluding hydrogens is 292 g/mol. The number of carbonyl (C=O) groups excluding carboxylic acids is 1. The quantitative estimate of drug-likeness (QED) is 0.631. The van der Waals surface area contributed by atoms with Crippen LogP contribution in [0.4, 0.5) is 0 Å². The molecule has 128 valence electrons. The summed E-state index contributed by atoms with van der Waals surface area (Å²) in [5.74, 6) is -1.41. The van der Waals surface area contributed by atoms with Gasteiger partial charge in [0.2, 0.25) is 0 Å². The fourth-order valence-electron chi connectivity index (χ4n) is 2.23. The Hall–Kier alpha value is -1.84. The number of carboxylic acids is 1. The predicted molar refractivity (Wildman–Crippen MR) is 90.4 cm³/mol. The molecule has 2 unspecified atom stereocenters. The SMILES string of the molecule is CCC(C)c1ccc(CC(C)(C(=O)O)C(=O)OC(C)(C)C)cc1. The summed E-state index contributed by atoms with van der Waals surface area (Å²) >= 11 is 0. The van der Waals surface area contributed by atoms with Gasteiger partial charge in [0.15, 0.2) is 5.41 Å². The zero-order valence-corrected chi connectivity index (χ0v) is 15.0. The molecule has 4 heteroatoms. The number of esters is 1. The van der Waals surface area contributed by atoms with Crippen molar-refractivity contribution < 1.29 is 19.4 Å². The minimum Gasteiger partial charge on any atom is -0.480 e. The maximum absolute atomic E-state index is 12.3. The monoisotopic (exact) mass is 320 g/mol. The van der Waals surface area contributed by atoms with Crippen molar-refractivity contribution in [2.75, 3.05) is 0 Å². The Morgan fingerprint density at radius 3 is 2.04 bits per heavy atom. The minimum absolute atomic E-state index is 0.109. The molecule has 0 aliphatic heterocycles. The van der Waals surface area contributed by atoms with Crippen LogP contribution in [-0.2, 0) is 20.7 Å². The Morgan fingerprint density at radius 2 is 1.65 bits per heavy atom. The van der Waals surface area contributed by atoms with E-state index in [0.717, 1.165) is 12.0 Å². The van der Waals surface area contributed by atoms with Crippen molar-refractivity contribution >= 4 is 11.9 Å². The van der Waals surface area contributed by atoms with Gasteiger partial charge in [-0.2, -0.15) is 0 Å². The van der Waals surface area contributed by atoms with E-state index in [1.54, 1.807) is 20.8 Å². The first kappa shape index (κ1) is 19.2. The van der Waals surface area contributed by atoms with Crippen molar-refractivity contribution in [2.45, 2.75) is 65.9 Å². The lowest BCUT2D eigenvalue weighted by molar-refractivity contribution is -0.175. The third-order valence-electron chi connectivity index (χ3n) is 4.04. The van der Waals surface area contributed by atoms with Crippen LogP contribution < -0.4 is 0 Å². The van der Waals surface area contributed by atoms with Crippen LogP contribution >= 0.6 is 0 Å². The van der Waals surface area contributed by atoms with Gasteiger partial charge in [-0.3, -0.25) is 9.59 Å². The first-order valence-electron chi connectivity index (χ1n) is 8.05. The van der Waals surface area contributed by atoms with Crippen LogP contribution in [0.15, 0.2) is 24.3 Å². The second kappa shape index (κ2) is 7.16. The average Bonchev–Trinajstić information content (AvgIpc) is 2.45. The normalized spacial score (nSPS) is 15.6. The molecule has 0 saturated heterocycles. The lowest BCUT2D eigenvalue weighted by atomic mass is 9.83. The Bertz CT molecular complexity index is 554. The van der Waals surface area contributed by atoms with Crippen LogP contribution in [0.3, 0.4) is 0 Å². The highest BCUT2D eigenvalue weighted by Crippen LogP contribution is 2.28. The van der Waals surface area contributed by atoms with Crippen LogP contribution in [-0.4, -0.2) is 22.6 Å². The summed E-state index contributed by atoms with van der Waals surface area (Å²) in [5, 5.41) is 9.54. The van der Waals surface area contributed by atoms with E-state index in [2.05, 4.69) is 13.8 Å². The van der Waals surface area contributed by atoms with Gasteiger partial charge in [0, 0.05) is 0 Å². The Kier molecular flexibility index (Phi) is 5.98. The summed E-state index contributed by atoms with van der Waals surface area (Å²) in [6.07, 6.45) is 1.15. The van der Waals surface area contributed by atoms with Crippen molar-refractivity contribution in [3.05, 3.63) is 35.4 Å². The first-order chi connectivity index (χ1) is 10.5. The summed E-state index contributed by atoms with van der Waals surface area (Å²) in [7, 11) is 0. The summed E-state index contributed by atoms with van der Waals surface area (Å²) in [6.45, 7) is 10.9. The zero-order chi connectivity index (χ0) is 17.8. The number of rotatable bonds is 6. The number of carboxylic acid groups (broad SMARTS) is 1. The van der Waals surface area contributed by atoms with Gasteiger partial charge in [0.25, 0.3) is 0 Å². The van der Waals surface area contributed by atoms with E-state index in [0.29, 0.717) is 5.92 Å². The van der Waals surface area contributed by atoms with E-state index in [-0.39, 0.29) is 6.42 Å². The van der Waals surface area contributed by atoms with Crippen LogP contribution in [0.25, 0.3) is 0 Å². The molecule has 1 aromatic rings. The maximum Gasteiger partial charge on any atom is 0.324 e. The van der Waals surface area contributed by atoms with Crippen molar-refractivity contribution in [1.82, 2.24) is 0 Å². The van der Waals surface area contributed by atoms with Gasteiger partial charge >= 0.3 is 11.9 Å². The van der Waals surface area contributed by atoms with Crippen molar-refractivity contribution in [2.24, 2.45) is 5.41 Å². The standard InChI is InChI=1S/C19H28O4/c1-7-13(2)15-10-8-14(9-11-15)12-19(6,16(20)21)17(22)23-18(3,4)5/h8-11,13H,7,12H2,1-6H3,(H,20,21). The number of aliphatic carboxylic acids is 1. The molecule has 1 aromatic carbocycles. The molecule has 0 aliphatic carbocycles. The molecule has 0 radical (unpaired) electrons. The Labute approximate surface area is 138 Å². The van der Waals surface area contributed by atoms with Gasteiger partial charge in [-0.25, -0.2) is 0 Å². The molecule has 1 rings (SSSR count). The molecule has 0 saturated carbocycles. The lowest BCUT2D eigenvalue weighted by Crippen LogP contribution is -2.43. The highest BCUT2D eigenvalue weighted by molar-refractivity contribution is 5.99. The first-order valence-corrected chi connectivity index (χ1v) is 8.05. The molecule has 0 fully saturated rings. The molecule has 0 amide bonds. The average molecular weight is 320 g/mol. The van der Waals surface area contributed by atoms with E-state index in [1.807, 2.05) is 24.3 Å². The number of ether oxygens (including phenoxy) is 1. The van der Waals surface area contributed by atoms with Crippen LogP contribution in [0.5, 0.6) is 0 Å². The molecule has 2 atom stereocenters. The second-order valence-electron chi connectivity index (χ2n) is 7.37. The van der Waals surface area contributed by atoms with Crippen LogP contribution in [0.2, 0.25) is 0 Å². The summed E-state index contributed by atoms with van der Waals surface area (Å²) in [6, 6.07) is 7.79. The highest BCUT2D eigenvalue weighted by Gasteiger charge is 2.44. The van der Waals surface area contributed by atoms with Crippen molar-refractivity contribution in [1.29, 1.82) is 0 Å². The van der Waals surface area contributed by atoms with Crippen LogP contribution in [0.1, 0.15) is 65.0 Å². The third-order valence-corrected chi connectivity index (χ3v) is 4.04. The Balaban J connectivity index is 2.99. The lowest BCUT2D eigenvalue weighted by Gasteiger charge is -2.28. The molecule has 23 heavy (non-hydrogen) atoms. The summed E-state index contributed by atoms with van der Waals surface area (Å²) in [4.78, 5) is 24.0.